The van der Waals surface area contributed by atoms with Gasteiger partial charge in [0, 0.05) is 17.9 Å². The first-order valence-corrected chi connectivity index (χ1v) is 7.96. The number of rotatable bonds is 4. The Labute approximate surface area is 126 Å². The maximum absolute atomic E-state index is 13.5. The zero-order valence-electron chi connectivity index (χ0n) is 10.5. The number of amides is 1. The summed E-state index contributed by atoms with van der Waals surface area (Å²) in [5.74, 6) is -0.714. The second-order valence-electron chi connectivity index (χ2n) is 4.73. The molecule has 5 heteroatoms. The van der Waals surface area contributed by atoms with Gasteiger partial charge in [-0.05, 0) is 25.0 Å². The molecule has 1 fully saturated rings. The van der Waals surface area contributed by atoms with E-state index in [0.29, 0.717) is 11.9 Å². The van der Waals surface area contributed by atoms with Crippen LogP contribution in [-0.4, -0.2) is 28.7 Å². The molecule has 0 radical (unpaired) electrons. The molecule has 0 atom stereocenters. The van der Waals surface area contributed by atoms with Crippen LogP contribution in [-0.2, 0) is 0 Å². The summed E-state index contributed by atoms with van der Waals surface area (Å²) in [6.45, 7) is 0.621. The van der Waals surface area contributed by atoms with Crippen LogP contribution in [0.5, 0.6) is 0 Å². The average Bonchev–Trinajstić information content (AvgIpc) is 2.92. The second kappa shape index (κ2) is 6.71. The summed E-state index contributed by atoms with van der Waals surface area (Å²) < 4.78 is 13.5. The second-order valence-corrected chi connectivity index (χ2v) is 5.90. The molecule has 0 saturated heterocycles. The molecule has 0 bridgehead atoms. The van der Waals surface area contributed by atoms with Crippen LogP contribution in [0.1, 0.15) is 36.0 Å². The van der Waals surface area contributed by atoms with E-state index in [-0.39, 0.29) is 22.5 Å². The molecule has 2 nitrogen and oxygen atoms in total. The molecule has 1 saturated carbocycles. The fourth-order valence-electron chi connectivity index (χ4n) is 2.58. The zero-order valence-corrected chi connectivity index (χ0v) is 12.9. The molecule has 2 rings (SSSR count). The minimum absolute atomic E-state index is 0.0786. The van der Waals surface area contributed by atoms with E-state index >= 15 is 0 Å². The van der Waals surface area contributed by atoms with Gasteiger partial charge < -0.3 is 4.90 Å². The quantitative estimate of drug-likeness (QED) is 0.745. The summed E-state index contributed by atoms with van der Waals surface area (Å²) in [7, 11) is 0. The van der Waals surface area contributed by atoms with Gasteiger partial charge in [-0.15, -0.1) is 0 Å². The highest BCUT2D eigenvalue weighted by atomic mass is 79.9. The van der Waals surface area contributed by atoms with E-state index in [9.17, 15) is 9.18 Å². The minimum atomic E-state index is -0.544. The van der Waals surface area contributed by atoms with Crippen molar-refractivity contribution in [1.82, 2.24) is 4.90 Å². The molecule has 1 aromatic carbocycles. The smallest absolute Gasteiger partial charge is 0.255 e. The van der Waals surface area contributed by atoms with Gasteiger partial charge in [0.2, 0.25) is 0 Å². The molecule has 0 aromatic heterocycles. The first-order valence-electron chi connectivity index (χ1n) is 6.46. The Kier molecular flexibility index (Phi) is 5.22. The van der Waals surface area contributed by atoms with Gasteiger partial charge in [0.05, 0.1) is 10.6 Å². The molecule has 1 amide bonds. The van der Waals surface area contributed by atoms with Crippen molar-refractivity contribution in [3.63, 3.8) is 0 Å². The van der Waals surface area contributed by atoms with Gasteiger partial charge in [-0.2, -0.15) is 0 Å². The molecule has 104 valence electrons. The normalized spacial score (nSPS) is 15.7. The fraction of sp³-hybridized carbons (Fsp3) is 0.500. The monoisotopic (exact) mass is 347 g/mol. The predicted octanol–water partition coefficient (Wildman–Crippen LogP) is 4.26. The Bertz CT molecular complexity index is 463. The summed E-state index contributed by atoms with van der Waals surface area (Å²) in [4.78, 5) is 14.4. The molecular formula is C14H16BrClFNO. The predicted molar refractivity (Wildman–Crippen MR) is 78.5 cm³/mol. The van der Waals surface area contributed by atoms with Gasteiger partial charge in [0.1, 0.15) is 5.82 Å². The number of hydrogen-bond acceptors (Lipinski definition) is 1. The van der Waals surface area contributed by atoms with Gasteiger partial charge in [-0.25, -0.2) is 4.39 Å². The van der Waals surface area contributed by atoms with Gasteiger partial charge in [-0.3, -0.25) is 4.79 Å². The Hall–Kier alpha value is -0.610. The van der Waals surface area contributed by atoms with Gasteiger partial charge in [0.25, 0.3) is 5.91 Å². The third kappa shape index (κ3) is 3.29. The lowest BCUT2D eigenvalue weighted by Crippen LogP contribution is -2.40. The first kappa shape index (κ1) is 14.8. The topological polar surface area (TPSA) is 20.3 Å². The lowest BCUT2D eigenvalue weighted by Gasteiger charge is -2.28. The number of nitrogens with zero attached hydrogens (tertiary/aromatic N) is 1. The largest absolute Gasteiger partial charge is 0.335 e. The molecule has 0 N–H and O–H groups in total. The molecule has 19 heavy (non-hydrogen) atoms. The number of carbonyl (C=O) groups excluding carboxylic acids is 1. The van der Waals surface area contributed by atoms with E-state index in [0.717, 1.165) is 25.7 Å². The SMILES string of the molecule is O=C(c1cccc(F)c1Cl)N(CCBr)C1CCCC1. The Morgan fingerprint density at radius 2 is 2.11 bits per heavy atom. The number of alkyl halides is 1. The molecule has 0 heterocycles. The lowest BCUT2D eigenvalue weighted by molar-refractivity contribution is 0.0696. The molecule has 1 aliphatic carbocycles. The Balaban J connectivity index is 2.25. The molecule has 0 unspecified atom stereocenters. The fourth-order valence-corrected chi connectivity index (χ4v) is 3.17. The van der Waals surface area contributed by atoms with Crippen molar-refractivity contribution < 1.29 is 9.18 Å². The van der Waals surface area contributed by atoms with Crippen molar-refractivity contribution in [3.8, 4) is 0 Å². The van der Waals surface area contributed by atoms with Crippen molar-refractivity contribution in [2.45, 2.75) is 31.7 Å². The van der Waals surface area contributed by atoms with Crippen LogP contribution >= 0.6 is 27.5 Å². The number of carbonyl (C=O) groups is 1. The minimum Gasteiger partial charge on any atom is -0.335 e. The zero-order chi connectivity index (χ0) is 13.8. The van der Waals surface area contributed by atoms with Crippen molar-refractivity contribution in [2.24, 2.45) is 0 Å². The summed E-state index contributed by atoms with van der Waals surface area (Å²) in [6, 6.07) is 4.63. The van der Waals surface area contributed by atoms with E-state index < -0.39 is 5.82 Å². The van der Waals surface area contributed by atoms with Crippen molar-refractivity contribution in [1.29, 1.82) is 0 Å². The molecular weight excluding hydrogens is 333 g/mol. The number of hydrogen-bond donors (Lipinski definition) is 0. The molecule has 1 aromatic rings. The van der Waals surface area contributed by atoms with Crippen LogP contribution in [0.2, 0.25) is 5.02 Å². The highest BCUT2D eigenvalue weighted by Crippen LogP contribution is 2.27. The Morgan fingerprint density at radius 1 is 1.42 bits per heavy atom. The van der Waals surface area contributed by atoms with Crippen LogP contribution in [0.25, 0.3) is 0 Å². The average molecular weight is 349 g/mol. The summed E-state index contributed by atoms with van der Waals surface area (Å²) in [5, 5.41) is 0.632. The standard InChI is InChI=1S/C14H16BrClFNO/c15-8-9-18(10-4-1-2-5-10)14(19)11-6-3-7-12(17)13(11)16/h3,6-7,10H,1-2,4-5,8-9H2. The van der Waals surface area contributed by atoms with Crippen molar-refractivity contribution >= 4 is 33.4 Å². The van der Waals surface area contributed by atoms with Crippen LogP contribution in [0.15, 0.2) is 18.2 Å². The van der Waals surface area contributed by atoms with Crippen LogP contribution < -0.4 is 0 Å². The maximum Gasteiger partial charge on any atom is 0.255 e. The van der Waals surface area contributed by atoms with E-state index in [2.05, 4.69) is 15.9 Å². The third-order valence-corrected chi connectivity index (χ3v) is 4.27. The number of halogens is 3. The van der Waals surface area contributed by atoms with E-state index in [4.69, 9.17) is 11.6 Å². The Morgan fingerprint density at radius 3 is 2.74 bits per heavy atom. The lowest BCUT2D eigenvalue weighted by atomic mass is 10.1. The van der Waals surface area contributed by atoms with E-state index in [1.165, 1.54) is 12.1 Å². The van der Waals surface area contributed by atoms with E-state index in [1.807, 2.05) is 4.90 Å². The van der Waals surface area contributed by atoms with Crippen molar-refractivity contribution in [3.05, 3.63) is 34.6 Å². The summed E-state index contributed by atoms with van der Waals surface area (Å²) in [5.41, 5.74) is 0.259. The summed E-state index contributed by atoms with van der Waals surface area (Å²) >= 11 is 9.27. The van der Waals surface area contributed by atoms with Gasteiger partial charge >= 0.3 is 0 Å². The first-order chi connectivity index (χ1) is 9.15. The highest BCUT2D eigenvalue weighted by Gasteiger charge is 2.28. The molecule has 0 aliphatic heterocycles. The van der Waals surface area contributed by atoms with Crippen molar-refractivity contribution in [2.75, 3.05) is 11.9 Å². The van der Waals surface area contributed by atoms with Gasteiger partial charge in [0.15, 0.2) is 0 Å². The molecule has 1 aliphatic rings. The van der Waals surface area contributed by atoms with Crippen LogP contribution in [0.3, 0.4) is 0 Å². The van der Waals surface area contributed by atoms with Crippen LogP contribution in [0.4, 0.5) is 4.39 Å². The van der Waals surface area contributed by atoms with Gasteiger partial charge in [-0.1, -0.05) is 46.4 Å². The number of benzene rings is 1. The third-order valence-electron chi connectivity index (χ3n) is 3.53. The summed E-state index contributed by atoms with van der Waals surface area (Å²) in [6.07, 6.45) is 4.33. The maximum atomic E-state index is 13.5. The van der Waals surface area contributed by atoms with E-state index in [1.54, 1.807) is 6.07 Å². The van der Waals surface area contributed by atoms with Crippen LogP contribution in [0, 0.1) is 5.82 Å². The molecule has 0 spiro atoms. The highest BCUT2D eigenvalue weighted by molar-refractivity contribution is 9.09.